The molecule has 0 bridgehead atoms. The number of carbonyl (C=O) groups is 1. The quantitative estimate of drug-likeness (QED) is 0.707. The second-order valence-electron chi connectivity index (χ2n) is 6.31. The van der Waals surface area contributed by atoms with Gasteiger partial charge in [-0.15, -0.1) is 0 Å². The molecule has 144 valence electrons. The van der Waals surface area contributed by atoms with Crippen molar-refractivity contribution in [3.8, 4) is 17.2 Å². The summed E-state index contributed by atoms with van der Waals surface area (Å²) >= 11 is 6.40. The standard InChI is InChI=1S/C20H17ClFN3O3/c1-12-18(19(21)25(24-12)15-6-3-13(22)4-7-15)20(26)23-14-5-8-16-17(11-14)28-10-2-9-27-16/h3-8,11H,2,9-10H2,1H3,(H,23,26). The van der Waals surface area contributed by atoms with Crippen molar-refractivity contribution in [3.05, 3.63) is 64.7 Å². The number of benzene rings is 2. The molecule has 1 amide bonds. The molecule has 0 fully saturated rings. The van der Waals surface area contributed by atoms with Crippen molar-refractivity contribution >= 4 is 23.2 Å². The Hall–Kier alpha value is -3.06. The summed E-state index contributed by atoms with van der Waals surface area (Å²) in [6.07, 6.45) is 0.799. The van der Waals surface area contributed by atoms with Crippen LogP contribution in [-0.4, -0.2) is 28.9 Å². The van der Waals surface area contributed by atoms with E-state index in [4.69, 9.17) is 21.1 Å². The number of aromatic nitrogens is 2. The molecule has 3 aromatic rings. The summed E-state index contributed by atoms with van der Waals surface area (Å²) in [5, 5.41) is 7.27. The average molecular weight is 402 g/mol. The monoisotopic (exact) mass is 401 g/mol. The first-order chi connectivity index (χ1) is 13.5. The molecule has 1 aliphatic rings. The number of ether oxygens (including phenoxy) is 2. The van der Waals surface area contributed by atoms with Gasteiger partial charge in [0, 0.05) is 18.2 Å². The summed E-state index contributed by atoms with van der Waals surface area (Å²) < 4.78 is 25.8. The van der Waals surface area contributed by atoms with E-state index in [1.54, 1.807) is 37.3 Å². The van der Waals surface area contributed by atoms with Crippen molar-refractivity contribution in [2.45, 2.75) is 13.3 Å². The maximum atomic E-state index is 13.2. The maximum Gasteiger partial charge on any atom is 0.260 e. The lowest BCUT2D eigenvalue weighted by Gasteiger charge is -2.10. The average Bonchev–Trinajstić information content (AvgIpc) is 2.83. The predicted octanol–water partition coefficient (Wildman–Crippen LogP) is 4.39. The van der Waals surface area contributed by atoms with E-state index in [9.17, 15) is 9.18 Å². The Labute approximate surface area is 165 Å². The minimum atomic E-state index is -0.398. The second-order valence-corrected chi connectivity index (χ2v) is 6.66. The molecule has 1 aliphatic heterocycles. The highest BCUT2D eigenvalue weighted by molar-refractivity contribution is 6.34. The summed E-state index contributed by atoms with van der Waals surface area (Å²) in [6, 6.07) is 10.9. The van der Waals surface area contributed by atoms with Gasteiger partial charge in [-0.25, -0.2) is 9.07 Å². The molecule has 4 rings (SSSR count). The van der Waals surface area contributed by atoms with Crippen LogP contribution >= 0.6 is 11.6 Å². The zero-order valence-electron chi connectivity index (χ0n) is 15.0. The first-order valence-corrected chi connectivity index (χ1v) is 9.13. The Morgan fingerprint density at radius 1 is 1.14 bits per heavy atom. The number of aryl methyl sites for hydroxylation is 1. The van der Waals surface area contributed by atoms with Gasteiger partial charge in [0.1, 0.15) is 16.5 Å². The molecule has 0 atom stereocenters. The SMILES string of the molecule is Cc1nn(-c2ccc(F)cc2)c(Cl)c1C(=O)Nc1ccc2c(c1)OCCCO2. The van der Waals surface area contributed by atoms with Crippen LogP contribution in [0.15, 0.2) is 42.5 Å². The summed E-state index contributed by atoms with van der Waals surface area (Å²) in [7, 11) is 0. The fraction of sp³-hybridized carbons (Fsp3) is 0.200. The van der Waals surface area contributed by atoms with Gasteiger partial charge >= 0.3 is 0 Å². The van der Waals surface area contributed by atoms with Gasteiger partial charge in [-0.3, -0.25) is 4.79 Å². The molecular weight excluding hydrogens is 385 g/mol. The number of nitrogens with zero attached hydrogens (tertiary/aromatic N) is 2. The Morgan fingerprint density at radius 2 is 1.86 bits per heavy atom. The third-order valence-electron chi connectivity index (χ3n) is 4.31. The normalized spacial score (nSPS) is 13.1. The van der Waals surface area contributed by atoms with Crippen LogP contribution in [0.3, 0.4) is 0 Å². The molecule has 2 heterocycles. The van der Waals surface area contributed by atoms with E-state index < -0.39 is 5.91 Å². The number of halogens is 2. The zero-order chi connectivity index (χ0) is 19.7. The molecule has 0 aliphatic carbocycles. The smallest absolute Gasteiger partial charge is 0.260 e. The van der Waals surface area contributed by atoms with Crippen molar-refractivity contribution in [1.82, 2.24) is 9.78 Å². The molecule has 8 heteroatoms. The third-order valence-corrected chi connectivity index (χ3v) is 4.66. The molecular formula is C20H17ClFN3O3. The van der Waals surface area contributed by atoms with E-state index in [1.807, 2.05) is 0 Å². The van der Waals surface area contributed by atoms with Gasteiger partial charge in [0.15, 0.2) is 11.5 Å². The van der Waals surface area contributed by atoms with Crippen LogP contribution in [0.4, 0.5) is 10.1 Å². The van der Waals surface area contributed by atoms with E-state index >= 15 is 0 Å². The van der Waals surface area contributed by atoms with Crippen LogP contribution in [0.2, 0.25) is 5.15 Å². The van der Waals surface area contributed by atoms with Gasteiger partial charge in [-0.1, -0.05) is 11.6 Å². The highest BCUT2D eigenvalue weighted by Gasteiger charge is 2.22. The van der Waals surface area contributed by atoms with Crippen molar-refractivity contribution in [2.75, 3.05) is 18.5 Å². The number of rotatable bonds is 3. The maximum absolute atomic E-state index is 13.2. The van der Waals surface area contributed by atoms with Gasteiger partial charge < -0.3 is 14.8 Å². The highest BCUT2D eigenvalue weighted by Crippen LogP contribution is 2.33. The fourth-order valence-corrected chi connectivity index (χ4v) is 3.30. The summed E-state index contributed by atoms with van der Waals surface area (Å²) in [6.45, 7) is 2.84. The molecule has 1 N–H and O–H groups in total. The summed E-state index contributed by atoms with van der Waals surface area (Å²) in [5.41, 5.74) is 1.82. The number of amides is 1. The summed E-state index contributed by atoms with van der Waals surface area (Å²) in [5.74, 6) is 0.468. The van der Waals surface area contributed by atoms with Gasteiger partial charge in [-0.2, -0.15) is 5.10 Å². The third kappa shape index (κ3) is 3.53. The zero-order valence-corrected chi connectivity index (χ0v) is 15.8. The van der Waals surface area contributed by atoms with Crippen LogP contribution in [0.25, 0.3) is 5.69 Å². The van der Waals surface area contributed by atoms with Gasteiger partial charge in [-0.05, 0) is 43.3 Å². The van der Waals surface area contributed by atoms with E-state index in [0.717, 1.165) is 6.42 Å². The topological polar surface area (TPSA) is 65.4 Å². The number of nitrogens with one attached hydrogen (secondary N) is 1. The lowest BCUT2D eigenvalue weighted by molar-refractivity contribution is 0.102. The van der Waals surface area contributed by atoms with Crippen LogP contribution in [-0.2, 0) is 0 Å². The fourth-order valence-electron chi connectivity index (χ4n) is 2.95. The van der Waals surface area contributed by atoms with Crippen LogP contribution in [0.1, 0.15) is 22.5 Å². The van der Waals surface area contributed by atoms with E-state index in [2.05, 4.69) is 10.4 Å². The van der Waals surface area contributed by atoms with Gasteiger partial charge in [0.2, 0.25) is 0 Å². The number of hydrogen-bond acceptors (Lipinski definition) is 4. The molecule has 2 aromatic carbocycles. The predicted molar refractivity (Wildman–Crippen MR) is 103 cm³/mol. The van der Waals surface area contributed by atoms with Crippen LogP contribution in [0.5, 0.6) is 11.5 Å². The van der Waals surface area contributed by atoms with Crippen LogP contribution < -0.4 is 14.8 Å². The van der Waals surface area contributed by atoms with Gasteiger partial charge in [0.05, 0.1) is 24.6 Å². The van der Waals surface area contributed by atoms with E-state index in [0.29, 0.717) is 41.8 Å². The van der Waals surface area contributed by atoms with Crippen molar-refractivity contribution in [3.63, 3.8) is 0 Å². The number of hydrogen-bond donors (Lipinski definition) is 1. The Morgan fingerprint density at radius 3 is 2.61 bits per heavy atom. The Kier molecular flexibility index (Phi) is 4.92. The number of anilines is 1. The second kappa shape index (κ2) is 7.52. The minimum absolute atomic E-state index is 0.149. The minimum Gasteiger partial charge on any atom is -0.490 e. The molecule has 0 unspecified atom stereocenters. The molecule has 6 nitrogen and oxygen atoms in total. The van der Waals surface area contributed by atoms with Crippen molar-refractivity contribution < 1.29 is 18.7 Å². The van der Waals surface area contributed by atoms with Crippen molar-refractivity contribution in [2.24, 2.45) is 0 Å². The lowest BCUT2D eigenvalue weighted by Crippen LogP contribution is -2.13. The highest BCUT2D eigenvalue weighted by atomic mass is 35.5. The van der Waals surface area contributed by atoms with Crippen molar-refractivity contribution in [1.29, 1.82) is 0 Å². The Bertz CT molecular complexity index is 1030. The molecule has 0 radical (unpaired) electrons. The molecule has 0 spiro atoms. The van der Waals surface area contributed by atoms with Crippen LogP contribution in [0, 0.1) is 12.7 Å². The summed E-state index contributed by atoms with van der Waals surface area (Å²) in [4.78, 5) is 12.8. The first-order valence-electron chi connectivity index (χ1n) is 8.75. The van der Waals surface area contributed by atoms with E-state index in [-0.39, 0.29) is 16.5 Å². The lowest BCUT2D eigenvalue weighted by atomic mass is 10.2. The Balaban J connectivity index is 1.60. The van der Waals surface area contributed by atoms with Gasteiger partial charge in [0.25, 0.3) is 5.91 Å². The number of fused-ring (bicyclic) bond motifs is 1. The largest absolute Gasteiger partial charge is 0.490 e. The molecule has 0 saturated carbocycles. The number of carbonyl (C=O) groups excluding carboxylic acids is 1. The molecule has 28 heavy (non-hydrogen) atoms. The van der Waals surface area contributed by atoms with E-state index in [1.165, 1.54) is 16.8 Å². The molecule has 1 aromatic heterocycles. The molecule has 0 saturated heterocycles. The first kappa shape index (κ1) is 18.3.